The van der Waals surface area contributed by atoms with Crippen LogP contribution in [0.5, 0.6) is 0 Å². The van der Waals surface area contributed by atoms with Crippen molar-refractivity contribution in [2.24, 2.45) is 5.92 Å². The molecule has 2 heterocycles. The van der Waals surface area contributed by atoms with E-state index in [4.69, 9.17) is 4.52 Å². The van der Waals surface area contributed by atoms with Crippen LogP contribution in [-0.2, 0) is 0 Å². The van der Waals surface area contributed by atoms with Crippen LogP contribution >= 0.6 is 0 Å². The second-order valence-electron chi connectivity index (χ2n) is 7.15. The van der Waals surface area contributed by atoms with E-state index >= 15 is 0 Å². The predicted octanol–water partition coefficient (Wildman–Crippen LogP) is 2.79. The van der Waals surface area contributed by atoms with Crippen LogP contribution in [-0.4, -0.2) is 41.1 Å². The van der Waals surface area contributed by atoms with Crippen LogP contribution in [0.2, 0.25) is 0 Å². The van der Waals surface area contributed by atoms with Gasteiger partial charge < -0.3 is 14.7 Å². The Bertz CT molecular complexity index is 522. The van der Waals surface area contributed by atoms with E-state index in [1.807, 2.05) is 6.07 Å². The zero-order chi connectivity index (χ0) is 15.7. The summed E-state index contributed by atoms with van der Waals surface area (Å²) in [6.07, 6.45) is 4.43. The zero-order valence-electron chi connectivity index (χ0n) is 13.8. The number of carbonyl (C=O) groups excluding carboxylic acids is 1. The minimum Gasteiger partial charge on any atom is -0.360 e. The number of carbonyl (C=O) groups is 1. The summed E-state index contributed by atoms with van der Waals surface area (Å²) in [4.78, 5) is 14.9. The fourth-order valence-electron chi connectivity index (χ4n) is 3.20. The summed E-state index contributed by atoms with van der Waals surface area (Å²) < 4.78 is 5.28. The van der Waals surface area contributed by atoms with E-state index in [-0.39, 0.29) is 11.9 Å². The zero-order valence-corrected chi connectivity index (χ0v) is 13.8. The van der Waals surface area contributed by atoms with Crippen LogP contribution < -0.4 is 5.32 Å². The van der Waals surface area contributed by atoms with E-state index in [0.717, 1.165) is 44.5 Å². The van der Waals surface area contributed by atoms with Crippen LogP contribution in [0.15, 0.2) is 10.6 Å². The smallest absolute Gasteiger partial charge is 0.273 e. The first kappa shape index (κ1) is 15.5. The van der Waals surface area contributed by atoms with Gasteiger partial charge in [-0.1, -0.05) is 12.1 Å². The summed E-state index contributed by atoms with van der Waals surface area (Å²) in [5.74, 6) is 1.75. The average molecular weight is 305 g/mol. The predicted molar refractivity (Wildman–Crippen MR) is 84.8 cm³/mol. The van der Waals surface area contributed by atoms with Crippen molar-refractivity contribution in [1.29, 1.82) is 0 Å². The van der Waals surface area contributed by atoms with Crippen molar-refractivity contribution in [3.8, 4) is 0 Å². The van der Waals surface area contributed by atoms with Crippen molar-refractivity contribution < 1.29 is 9.32 Å². The van der Waals surface area contributed by atoms with Gasteiger partial charge in [0.05, 0.1) is 0 Å². The van der Waals surface area contributed by atoms with Gasteiger partial charge in [-0.3, -0.25) is 4.79 Å². The van der Waals surface area contributed by atoms with Crippen LogP contribution in [0.4, 0.5) is 0 Å². The molecule has 0 spiro atoms. The molecule has 1 aliphatic heterocycles. The van der Waals surface area contributed by atoms with Gasteiger partial charge in [-0.05, 0) is 52.0 Å². The maximum Gasteiger partial charge on any atom is 0.273 e. The van der Waals surface area contributed by atoms with Gasteiger partial charge >= 0.3 is 0 Å². The molecule has 122 valence electrons. The number of aromatic nitrogens is 1. The van der Waals surface area contributed by atoms with E-state index in [9.17, 15) is 4.79 Å². The second-order valence-corrected chi connectivity index (χ2v) is 7.15. The van der Waals surface area contributed by atoms with Crippen molar-refractivity contribution in [2.45, 2.75) is 64.5 Å². The Morgan fingerprint density at radius 1 is 1.32 bits per heavy atom. The molecule has 5 heteroatoms. The number of nitrogens with one attached hydrogen (secondary N) is 1. The molecule has 2 aliphatic rings. The van der Waals surface area contributed by atoms with Gasteiger partial charge in [0.1, 0.15) is 5.76 Å². The number of hydrogen-bond donors (Lipinski definition) is 1. The Hall–Kier alpha value is -1.36. The lowest BCUT2D eigenvalue weighted by molar-refractivity contribution is 0.0913. The molecule has 2 atom stereocenters. The molecule has 1 aromatic heterocycles. The van der Waals surface area contributed by atoms with Gasteiger partial charge in [0, 0.05) is 30.6 Å². The van der Waals surface area contributed by atoms with Crippen LogP contribution in [0.3, 0.4) is 0 Å². The minimum absolute atomic E-state index is 0.0921. The number of hydrogen-bond acceptors (Lipinski definition) is 4. The Morgan fingerprint density at radius 2 is 2.05 bits per heavy atom. The topological polar surface area (TPSA) is 58.4 Å². The third kappa shape index (κ3) is 3.51. The van der Waals surface area contributed by atoms with E-state index in [0.29, 0.717) is 23.6 Å². The highest BCUT2D eigenvalue weighted by Gasteiger charge is 2.30. The summed E-state index contributed by atoms with van der Waals surface area (Å²) >= 11 is 0. The number of nitrogens with zero attached hydrogens (tertiary/aromatic N) is 2. The maximum absolute atomic E-state index is 12.4. The highest BCUT2D eigenvalue weighted by atomic mass is 16.5. The molecule has 1 aromatic rings. The molecule has 1 amide bonds. The van der Waals surface area contributed by atoms with Crippen molar-refractivity contribution in [3.05, 3.63) is 17.5 Å². The van der Waals surface area contributed by atoms with Crippen LogP contribution in [0, 0.1) is 5.92 Å². The van der Waals surface area contributed by atoms with E-state index in [1.54, 1.807) is 0 Å². The lowest BCUT2D eigenvalue weighted by Crippen LogP contribution is -2.40. The first-order valence-electron chi connectivity index (χ1n) is 8.56. The molecular weight excluding hydrogens is 278 g/mol. The van der Waals surface area contributed by atoms with Crippen molar-refractivity contribution in [2.75, 3.05) is 13.1 Å². The summed E-state index contributed by atoms with van der Waals surface area (Å²) in [6.45, 7) is 8.85. The fraction of sp³-hybridized carbons (Fsp3) is 0.765. The van der Waals surface area contributed by atoms with Crippen molar-refractivity contribution >= 4 is 5.91 Å². The molecule has 1 saturated heterocycles. The maximum atomic E-state index is 12.4. The first-order chi connectivity index (χ1) is 10.5. The molecule has 0 bridgehead atoms. The Morgan fingerprint density at radius 3 is 2.73 bits per heavy atom. The summed E-state index contributed by atoms with van der Waals surface area (Å²) in [5.41, 5.74) is 0.430. The SMILES string of the molecule is CC1CCN(C(C)C)CCC1NC(=O)c1cc(C2CC2)on1. The van der Waals surface area contributed by atoms with Gasteiger partial charge in [0.2, 0.25) is 0 Å². The third-order valence-corrected chi connectivity index (χ3v) is 5.07. The molecule has 2 fully saturated rings. The molecule has 22 heavy (non-hydrogen) atoms. The number of rotatable bonds is 4. The average Bonchev–Trinajstić information content (AvgIpc) is 3.24. The Labute approximate surface area is 132 Å². The summed E-state index contributed by atoms with van der Waals surface area (Å²) in [7, 11) is 0. The molecule has 5 nitrogen and oxygen atoms in total. The molecule has 1 saturated carbocycles. The standard InChI is InChI=1S/C17H27N3O2/c1-11(2)20-8-6-12(3)14(7-9-20)18-17(21)15-10-16(22-19-15)13-4-5-13/h10-14H,4-9H2,1-3H3,(H,18,21). The van der Waals surface area contributed by atoms with Gasteiger partial charge in [-0.15, -0.1) is 0 Å². The molecule has 0 aromatic carbocycles. The molecule has 2 unspecified atom stereocenters. The van der Waals surface area contributed by atoms with Crippen LogP contribution in [0.25, 0.3) is 0 Å². The highest BCUT2D eigenvalue weighted by Crippen LogP contribution is 2.40. The number of likely N-dealkylation sites (tertiary alicyclic amines) is 1. The van der Waals surface area contributed by atoms with Crippen molar-refractivity contribution in [3.63, 3.8) is 0 Å². The van der Waals surface area contributed by atoms with Crippen LogP contribution in [0.1, 0.15) is 68.6 Å². The monoisotopic (exact) mass is 305 g/mol. The van der Waals surface area contributed by atoms with Gasteiger partial charge in [-0.2, -0.15) is 0 Å². The molecule has 3 rings (SSSR count). The first-order valence-corrected chi connectivity index (χ1v) is 8.56. The molecule has 0 radical (unpaired) electrons. The highest BCUT2D eigenvalue weighted by molar-refractivity contribution is 5.92. The quantitative estimate of drug-likeness (QED) is 0.929. The summed E-state index contributed by atoms with van der Waals surface area (Å²) in [6, 6.07) is 2.60. The van der Waals surface area contributed by atoms with Gasteiger partial charge in [-0.25, -0.2) is 0 Å². The second kappa shape index (κ2) is 6.41. The fourth-order valence-corrected chi connectivity index (χ4v) is 3.20. The van der Waals surface area contributed by atoms with E-state index in [1.165, 1.54) is 0 Å². The van der Waals surface area contributed by atoms with Crippen molar-refractivity contribution in [1.82, 2.24) is 15.4 Å². The van der Waals surface area contributed by atoms with E-state index < -0.39 is 0 Å². The normalized spacial score (nSPS) is 26.9. The molecular formula is C17H27N3O2. The number of amides is 1. The largest absolute Gasteiger partial charge is 0.360 e. The summed E-state index contributed by atoms with van der Waals surface area (Å²) in [5, 5.41) is 7.11. The molecule has 1 aliphatic carbocycles. The van der Waals surface area contributed by atoms with Gasteiger partial charge in [0.15, 0.2) is 5.69 Å². The minimum atomic E-state index is -0.0921. The Kier molecular flexibility index (Phi) is 4.52. The molecule has 1 N–H and O–H groups in total. The van der Waals surface area contributed by atoms with Gasteiger partial charge in [0.25, 0.3) is 5.91 Å². The lowest BCUT2D eigenvalue weighted by Gasteiger charge is -2.24. The third-order valence-electron chi connectivity index (χ3n) is 5.07. The lowest BCUT2D eigenvalue weighted by atomic mass is 9.97. The Balaban J connectivity index is 1.59. The van der Waals surface area contributed by atoms with E-state index in [2.05, 4.69) is 36.1 Å².